The maximum absolute atomic E-state index is 15.0. The largest absolute Gasteiger partial charge is 0.415 e. The number of aromatic nitrogens is 2. The van der Waals surface area contributed by atoms with E-state index in [1.807, 2.05) is 0 Å². The Morgan fingerprint density at radius 3 is 2.42 bits per heavy atom. The fourth-order valence-electron chi connectivity index (χ4n) is 3.58. The van der Waals surface area contributed by atoms with Crippen LogP contribution in [0.15, 0.2) is 40.8 Å². The van der Waals surface area contributed by atoms with Gasteiger partial charge in [-0.05, 0) is 30.3 Å². The van der Waals surface area contributed by atoms with Gasteiger partial charge in [-0.15, -0.1) is 10.2 Å². The van der Waals surface area contributed by atoms with E-state index < -0.39 is 39.7 Å². The van der Waals surface area contributed by atoms with Crippen molar-refractivity contribution in [1.29, 1.82) is 0 Å². The second kappa shape index (κ2) is 10.5. The highest BCUT2D eigenvalue weighted by Crippen LogP contribution is 2.28. The van der Waals surface area contributed by atoms with Crippen LogP contribution in [-0.2, 0) is 21.2 Å². The first kappa shape index (κ1) is 26.0. The smallest absolute Gasteiger partial charge is 0.314 e. The van der Waals surface area contributed by atoms with E-state index in [4.69, 9.17) is 16.0 Å². The Morgan fingerprint density at radius 2 is 1.81 bits per heavy atom. The van der Waals surface area contributed by atoms with Crippen molar-refractivity contribution in [3.05, 3.63) is 64.5 Å². The first-order valence-corrected chi connectivity index (χ1v) is 12.8. The number of hydrogen-bond acceptors (Lipinski definition) is 7. The van der Waals surface area contributed by atoms with Gasteiger partial charge in [0.2, 0.25) is 11.8 Å². The summed E-state index contributed by atoms with van der Waals surface area (Å²) in [5, 5.41) is 6.45. The van der Waals surface area contributed by atoms with Crippen LogP contribution in [0.25, 0.3) is 11.5 Å². The van der Waals surface area contributed by atoms with E-state index in [2.05, 4.69) is 10.2 Å². The summed E-state index contributed by atoms with van der Waals surface area (Å²) in [6, 6.07) is 7.32. The predicted molar refractivity (Wildman–Crippen MR) is 122 cm³/mol. The maximum atomic E-state index is 15.0. The summed E-state index contributed by atoms with van der Waals surface area (Å²) in [5.41, 5.74) is 0.327. The van der Waals surface area contributed by atoms with Crippen LogP contribution in [0.3, 0.4) is 0 Å². The molecule has 1 aliphatic heterocycles. The third-order valence-electron chi connectivity index (χ3n) is 5.57. The van der Waals surface area contributed by atoms with Gasteiger partial charge in [0.25, 0.3) is 5.89 Å². The zero-order chi connectivity index (χ0) is 26.0. The standard InChI is InChI=1S/C22H19ClF4N4O4S/c23-16-10-15(3-4-17(16)24)31(19(32)12-30-5-7-36(33,34)8-6-30)11-14-2-1-13(9-18(14)25)21-28-29-22(35-21)20(26)27/h1-4,9-10,20H,5-8,11-12H2. The van der Waals surface area contributed by atoms with E-state index in [0.717, 1.165) is 12.1 Å². The number of nitrogens with zero attached hydrogens (tertiary/aromatic N) is 4. The van der Waals surface area contributed by atoms with Crippen molar-refractivity contribution >= 4 is 33.0 Å². The van der Waals surface area contributed by atoms with E-state index in [-0.39, 0.29) is 65.4 Å². The van der Waals surface area contributed by atoms with Gasteiger partial charge in [-0.2, -0.15) is 8.78 Å². The number of rotatable bonds is 7. The van der Waals surface area contributed by atoms with Gasteiger partial charge in [0.15, 0.2) is 9.84 Å². The lowest BCUT2D eigenvalue weighted by molar-refractivity contribution is -0.119. The Morgan fingerprint density at radius 1 is 1.08 bits per heavy atom. The molecule has 1 fully saturated rings. The van der Waals surface area contributed by atoms with Crippen LogP contribution in [-0.4, -0.2) is 60.6 Å². The molecular weight excluding hydrogens is 528 g/mol. The van der Waals surface area contributed by atoms with Crippen LogP contribution < -0.4 is 4.90 Å². The number of amides is 1. The van der Waals surface area contributed by atoms with Crippen molar-refractivity contribution in [2.75, 3.05) is 36.0 Å². The molecular formula is C22H19ClF4N4O4S. The summed E-state index contributed by atoms with van der Waals surface area (Å²) in [4.78, 5) is 16.1. The Balaban J connectivity index is 1.58. The fraction of sp³-hybridized carbons (Fsp3) is 0.318. The molecule has 0 spiro atoms. The van der Waals surface area contributed by atoms with Crippen LogP contribution in [0.2, 0.25) is 5.02 Å². The molecule has 2 aromatic carbocycles. The zero-order valence-electron chi connectivity index (χ0n) is 18.5. The lowest BCUT2D eigenvalue weighted by Crippen LogP contribution is -2.46. The van der Waals surface area contributed by atoms with Crippen molar-refractivity contribution < 1.29 is 35.2 Å². The first-order chi connectivity index (χ1) is 17.0. The molecule has 1 saturated heterocycles. The normalized spacial score (nSPS) is 15.8. The average Bonchev–Trinajstić information content (AvgIpc) is 3.32. The van der Waals surface area contributed by atoms with Gasteiger partial charge in [-0.1, -0.05) is 17.7 Å². The van der Waals surface area contributed by atoms with Gasteiger partial charge < -0.3 is 9.32 Å². The number of alkyl halides is 2. The number of hydrogen-bond donors (Lipinski definition) is 0. The quantitative estimate of drug-likeness (QED) is 0.415. The first-order valence-electron chi connectivity index (χ1n) is 10.6. The molecule has 2 heterocycles. The molecule has 0 N–H and O–H groups in total. The summed E-state index contributed by atoms with van der Waals surface area (Å²) in [6.45, 7) is -0.0896. The maximum Gasteiger partial charge on any atom is 0.314 e. The second-order valence-corrected chi connectivity index (χ2v) is 10.8. The van der Waals surface area contributed by atoms with Crippen molar-refractivity contribution in [2.45, 2.75) is 13.0 Å². The SMILES string of the molecule is O=C(CN1CCS(=O)(=O)CC1)N(Cc1ccc(-c2nnc(C(F)F)o2)cc1F)c1ccc(F)c(Cl)c1. The van der Waals surface area contributed by atoms with Crippen molar-refractivity contribution in [1.82, 2.24) is 15.1 Å². The molecule has 0 radical (unpaired) electrons. The number of anilines is 1. The molecule has 1 aromatic heterocycles. The highest BCUT2D eigenvalue weighted by atomic mass is 35.5. The minimum atomic E-state index is -3.15. The third kappa shape index (κ3) is 6.02. The summed E-state index contributed by atoms with van der Waals surface area (Å²) in [7, 11) is -3.15. The summed E-state index contributed by atoms with van der Waals surface area (Å²) >= 11 is 5.89. The van der Waals surface area contributed by atoms with Crippen molar-refractivity contribution in [3.8, 4) is 11.5 Å². The lowest BCUT2D eigenvalue weighted by atomic mass is 10.1. The van der Waals surface area contributed by atoms with Crippen molar-refractivity contribution in [2.24, 2.45) is 0 Å². The molecule has 192 valence electrons. The fourth-order valence-corrected chi connectivity index (χ4v) is 5.03. The molecule has 8 nitrogen and oxygen atoms in total. The van der Waals surface area contributed by atoms with Gasteiger partial charge in [-0.25, -0.2) is 17.2 Å². The molecule has 14 heteroatoms. The highest BCUT2D eigenvalue weighted by Gasteiger charge is 2.27. The molecule has 0 bridgehead atoms. The van der Waals surface area contributed by atoms with E-state index in [1.165, 1.54) is 29.2 Å². The van der Waals surface area contributed by atoms with E-state index in [0.29, 0.717) is 0 Å². The number of halogens is 5. The monoisotopic (exact) mass is 546 g/mol. The van der Waals surface area contributed by atoms with Gasteiger partial charge in [0.1, 0.15) is 11.6 Å². The average molecular weight is 547 g/mol. The molecule has 0 atom stereocenters. The minimum Gasteiger partial charge on any atom is -0.415 e. The van der Waals surface area contributed by atoms with Gasteiger partial charge in [0.05, 0.1) is 29.6 Å². The Hall–Kier alpha value is -3.03. The molecule has 4 rings (SSSR count). The highest BCUT2D eigenvalue weighted by molar-refractivity contribution is 7.91. The lowest BCUT2D eigenvalue weighted by Gasteiger charge is -2.30. The number of carbonyl (C=O) groups is 1. The third-order valence-corrected chi connectivity index (χ3v) is 7.47. The summed E-state index contributed by atoms with van der Waals surface area (Å²) < 4.78 is 82.3. The molecule has 0 unspecified atom stereocenters. The van der Waals surface area contributed by atoms with Gasteiger partial charge >= 0.3 is 6.43 Å². The van der Waals surface area contributed by atoms with Gasteiger partial charge in [0, 0.05) is 29.9 Å². The summed E-state index contributed by atoms with van der Waals surface area (Å²) in [6.07, 6.45) is -2.97. The van der Waals surface area contributed by atoms with E-state index in [9.17, 15) is 30.8 Å². The molecule has 0 saturated carbocycles. The topological polar surface area (TPSA) is 96.6 Å². The summed E-state index contributed by atoms with van der Waals surface area (Å²) in [5.74, 6) is -3.33. The number of carbonyl (C=O) groups excluding carboxylic acids is 1. The zero-order valence-corrected chi connectivity index (χ0v) is 20.1. The predicted octanol–water partition coefficient (Wildman–Crippen LogP) is 3.87. The van der Waals surface area contributed by atoms with Gasteiger partial charge in [-0.3, -0.25) is 9.69 Å². The second-order valence-electron chi connectivity index (χ2n) is 8.06. The van der Waals surface area contributed by atoms with E-state index >= 15 is 0 Å². The molecule has 3 aromatic rings. The number of benzene rings is 2. The van der Waals surface area contributed by atoms with Crippen molar-refractivity contribution in [3.63, 3.8) is 0 Å². The van der Waals surface area contributed by atoms with Crippen LogP contribution >= 0.6 is 11.6 Å². The molecule has 1 aliphatic rings. The van der Waals surface area contributed by atoms with E-state index in [1.54, 1.807) is 4.90 Å². The molecule has 1 amide bonds. The molecule has 36 heavy (non-hydrogen) atoms. The number of sulfone groups is 1. The van der Waals surface area contributed by atoms with Crippen LogP contribution in [0.5, 0.6) is 0 Å². The van der Waals surface area contributed by atoms with Crippen LogP contribution in [0, 0.1) is 11.6 Å². The Kier molecular flexibility index (Phi) is 7.62. The minimum absolute atomic E-state index is 0.0577. The van der Waals surface area contributed by atoms with Crippen LogP contribution in [0.4, 0.5) is 23.2 Å². The van der Waals surface area contributed by atoms with Crippen LogP contribution in [0.1, 0.15) is 17.9 Å². The Labute approximate surface area is 208 Å². The Bertz CT molecular complexity index is 1370. The molecule has 0 aliphatic carbocycles.